The summed E-state index contributed by atoms with van der Waals surface area (Å²) in [7, 11) is 1.55. The quantitative estimate of drug-likeness (QED) is 0.310. The lowest BCUT2D eigenvalue weighted by molar-refractivity contribution is 0.0646. The van der Waals surface area contributed by atoms with Crippen molar-refractivity contribution in [3.8, 4) is 5.75 Å². The number of hydrogen-bond acceptors (Lipinski definition) is 6. The zero-order valence-electron chi connectivity index (χ0n) is 18.9. The molecule has 0 aliphatic heterocycles. The lowest BCUT2D eigenvalue weighted by atomic mass is 10.0. The third-order valence-corrected chi connectivity index (χ3v) is 6.20. The number of benzene rings is 2. The van der Waals surface area contributed by atoms with Crippen molar-refractivity contribution in [2.24, 2.45) is 0 Å². The molecule has 0 saturated heterocycles. The van der Waals surface area contributed by atoms with Crippen LogP contribution in [0, 0.1) is 0 Å². The fourth-order valence-corrected chi connectivity index (χ4v) is 3.43. The van der Waals surface area contributed by atoms with Crippen LogP contribution >= 0.6 is 34.8 Å². The van der Waals surface area contributed by atoms with E-state index in [9.17, 15) is 9.90 Å². The second-order valence-electron chi connectivity index (χ2n) is 7.94. The van der Waals surface area contributed by atoms with Crippen molar-refractivity contribution in [3.05, 3.63) is 63.7 Å². The van der Waals surface area contributed by atoms with Crippen molar-refractivity contribution < 1.29 is 14.6 Å². The van der Waals surface area contributed by atoms with E-state index >= 15 is 0 Å². The standard InChI is InChI=1S/C23H24Cl3N5O3/c1-13(23(2,3)33)28-21-27-12-11-18(29-21)31(14-5-7-15(34-4)8-6-14)22(32)30-20-17(25)10-9-16(24)19(20)26/h5-13,33H,1-4H3,(H,30,32)(H,27,28,29)/t13-/m0/s1. The molecular formula is C23H24Cl3N5O3. The van der Waals surface area contributed by atoms with Gasteiger partial charge in [0.1, 0.15) is 11.6 Å². The normalized spacial score (nSPS) is 12.1. The molecular weight excluding hydrogens is 501 g/mol. The Morgan fingerprint density at radius 3 is 2.35 bits per heavy atom. The van der Waals surface area contributed by atoms with Gasteiger partial charge >= 0.3 is 6.03 Å². The number of aromatic nitrogens is 2. The molecule has 1 aromatic heterocycles. The first kappa shape index (κ1) is 25.8. The largest absolute Gasteiger partial charge is 0.497 e. The Morgan fingerprint density at radius 1 is 1.09 bits per heavy atom. The molecule has 3 N–H and O–H groups in total. The molecule has 34 heavy (non-hydrogen) atoms. The summed E-state index contributed by atoms with van der Waals surface area (Å²) in [6, 6.07) is 10.5. The first-order valence-corrected chi connectivity index (χ1v) is 11.3. The van der Waals surface area contributed by atoms with Crippen molar-refractivity contribution in [3.63, 3.8) is 0 Å². The van der Waals surface area contributed by atoms with Gasteiger partial charge in [0.2, 0.25) is 5.95 Å². The van der Waals surface area contributed by atoms with E-state index in [1.54, 1.807) is 58.2 Å². The van der Waals surface area contributed by atoms with Crippen molar-refractivity contribution in [1.82, 2.24) is 9.97 Å². The van der Waals surface area contributed by atoms with Crippen LogP contribution in [0.4, 0.5) is 27.9 Å². The smallest absolute Gasteiger partial charge is 0.332 e. The highest BCUT2D eigenvalue weighted by molar-refractivity contribution is 6.46. The van der Waals surface area contributed by atoms with Crippen molar-refractivity contribution >= 4 is 64.0 Å². The number of urea groups is 1. The van der Waals surface area contributed by atoms with Gasteiger partial charge in [-0.25, -0.2) is 14.7 Å². The number of carbonyl (C=O) groups is 1. The summed E-state index contributed by atoms with van der Waals surface area (Å²) >= 11 is 18.6. The molecule has 11 heteroatoms. The molecule has 0 fully saturated rings. The third kappa shape index (κ3) is 6.01. The average molecular weight is 525 g/mol. The summed E-state index contributed by atoms with van der Waals surface area (Å²) in [6.07, 6.45) is 1.50. The Bertz CT molecular complexity index is 1170. The van der Waals surface area contributed by atoms with E-state index in [4.69, 9.17) is 39.5 Å². The molecule has 3 aromatic rings. The molecule has 2 amide bonds. The molecule has 1 heterocycles. The van der Waals surface area contributed by atoms with Gasteiger partial charge in [0.15, 0.2) is 0 Å². The number of hydrogen-bond donors (Lipinski definition) is 3. The van der Waals surface area contributed by atoms with Crippen LogP contribution in [0.15, 0.2) is 48.7 Å². The number of nitrogens with zero attached hydrogens (tertiary/aromatic N) is 3. The van der Waals surface area contributed by atoms with E-state index in [1.165, 1.54) is 23.2 Å². The molecule has 2 aromatic carbocycles. The zero-order valence-corrected chi connectivity index (χ0v) is 21.2. The minimum Gasteiger partial charge on any atom is -0.497 e. The highest BCUT2D eigenvalue weighted by atomic mass is 35.5. The fraction of sp³-hybridized carbons (Fsp3) is 0.261. The van der Waals surface area contributed by atoms with E-state index in [0.717, 1.165) is 0 Å². The Kier molecular flexibility index (Phi) is 8.09. The zero-order chi connectivity index (χ0) is 25.0. The van der Waals surface area contributed by atoms with Crippen molar-refractivity contribution in [2.75, 3.05) is 22.6 Å². The monoisotopic (exact) mass is 523 g/mol. The maximum Gasteiger partial charge on any atom is 0.332 e. The van der Waals surface area contributed by atoms with Crippen LogP contribution in [-0.4, -0.2) is 39.9 Å². The number of ether oxygens (including phenoxy) is 1. The predicted octanol–water partition coefficient (Wildman–Crippen LogP) is 6.39. The SMILES string of the molecule is COc1ccc(N(C(=O)Nc2c(Cl)ccc(Cl)c2Cl)c2ccnc(N[C@@H](C)C(C)(C)O)n2)cc1. The van der Waals surface area contributed by atoms with Gasteiger partial charge < -0.3 is 20.5 Å². The first-order chi connectivity index (χ1) is 16.0. The van der Waals surface area contributed by atoms with Crippen LogP contribution in [0.25, 0.3) is 0 Å². The number of anilines is 4. The van der Waals surface area contributed by atoms with Gasteiger partial charge in [-0.1, -0.05) is 34.8 Å². The van der Waals surface area contributed by atoms with Gasteiger partial charge in [0.05, 0.1) is 45.2 Å². The predicted molar refractivity (Wildman–Crippen MR) is 137 cm³/mol. The van der Waals surface area contributed by atoms with Crippen LogP contribution in [-0.2, 0) is 0 Å². The molecule has 180 valence electrons. The van der Waals surface area contributed by atoms with Crippen LogP contribution in [0.1, 0.15) is 20.8 Å². The van der Waals surface area contributed by atoms with Crippen molar-refractivity contribution in [2.45, 2.75) is 32.4 Å². The van der Waals surface area contributed by atoms with Gasteiger partial charge in [-0.3, -0.25) is 0 Å². The van der Waals surface area contributed by atoms with Crippen LogP contribution < -0.4 is 20.3 Å². The second kappa shape index (κ2) is 10.7. The average Bonchev–Trinajstić information content (AvgIpc) is 2.79. The Labute approximate surface area is 212 Å². The fourth-order valence-electron chi connectivity index (χ4n) is 2.80. The molecule has 8 nitrogen and oxygen atoms in total. The molecule has 0 aliphatic rings. The van der Waals surface area contributed by atoms with E-state index in [1.807, 2.05) is 0 Å². The highest BCUT2D eigenvalue weighted by Crippen LogP contribution is 2.37. The summed E-state index contributed by atoms with van der Waals surface area (Å²) in [5, 5.41) is 16.6. The van der Waals surface area contributed by atoms with Gasteiger partial charge in [-0.15, -0.1) is 0 Å². The Morgan fingerprint density at radius 2 is 1.74 bits per heavy atom. The maximum atomic E-state index is 13.5. The molecule has 1 atom stereocenters. The van der Waals surface area contributed by atoms with E-state index in [-0.39, 0.29) is 38.6 Å². The van der Waals surface area contributed by atoms with Crippen molar-refractivity contribution in [1.29, 1.82) is 0 Å². The molecule has 0 radical (unpaired) electrons. The summed E-state index contributed by atoms with van der Waals surface area (Å²) in [4.78, 5) is 23.5. The molecule has 0 saturated carbocycles. The Balaban J connectivity index is 2.02. The Hall–Kier alpha value is -2.78. The van der Waals surface area contributed by atoms with Gasteiger partial charge in [0, 0.05) is 12.3 Å². The number of halogens is 3. The van der Waals surface area contributed by atoms with Crippen LogP contribution in [0.3, 0.4) is 0 Å². The third-order valence-electron chi connectivity index (χ3n) is 5.08. The summed E-state index contributed by atoms with van der Waals surface area (Å²) in [5.74, 6) is 1.11. The minimum absolute atomic E-state index is 0.112. The first-order valence-electron chi connectivity index (χ1n) is 10.2. The highest BCUT2D eigenvalue weighted by Gasteiger charge is 2.25. The van der Waals surface area contributed by atoms with Gasteiger partial charge in [0.25, 0.3) is 0 Å². The van der Waals surface area contributed by atoms with E-state index < -0.39 is 11.6 Å². The van der Waals surface area contributed by atoms with Crippen LogP contribution in [0.2, 0.25) is 15.1 Å². The van der Waals surface area contributed by atoms with Gasteiger partial charge in [-0.2, -0.15) is 4.98 Å². The molecule has 0 bridgehead atoms. The van der Waals surface area contributed by atoms with Gasteiger partial charge in [-0.05, 0) is 57.2 Å². The molecule has 3 rings (SSSR count). The minimum atomic E-state index is -1.02. The number of aliphatic hydroxyl groups is 1. The number of nitrogens with one attached hydrogen (secondary N) is 2. The number of methoxy groups -OCH3 is 1. The van der Waals surface area contributed by atoms with E-state index in [0.29, 0.717) is 11.4 Å². The summed E-state index contributed by atoms with van der Waals surface area (Å²) in [5.41, 5.74) is -0.359. The number of carbonyl (C=O) groups excluding carboxylic acids is 1. The molecule has 0 unspecified atom stereocenters. The lowest BCUT2D eigenvalue weighted by Crippen LogP contribution is -2.40. The topological polar surface area (TPSA) is 99.6 Å². The number of amides is 2. The number of rotatable bonds is 7. The summed E-state index contributed by atoms with van der Waals surface area (Å²) < 4.78 is 5.22. The lowest BCUT2D eigenvalue weighted by Gasteiger charge is -2.27. The maximum absolute atomic E-state index is 13.5. The van der Waals surface area contributed by atoms with Crippen LogP contribution in [0.5, 0.6) is 5.75 Å². The molecule has 0 aliphatic carbocycles. The van der Waals surface area contributed by atoms with E-state index in [2.05, 4.69) is 20.6 Å². The molecule has 0 spiro atoms. The second-order valence-corrected chi connectivity index (χ2v) is 9.13. The summed E-state index contributed by atoms with van der Waals surface area (Å²) in [6.45, 7) is 5.14.